The van der Waals surface area contributed by atoms with Crippen LogP contribution in [-0.4, -0.2) is 15.0 Å². The van der Waals surface area contributed by atoms with E-state index in [-0.39, 0.29) is 5.69 Å². The summed E-state index contributed by atoms with van der Waals surface area (Å²) >= 11 is 10.7. The number of imidazole rings is 1. The normalized spacial score (nSPS) is 11.1. The van der Waals surface area contributed by atoms with Gasteiger partial charge in [-0.25, -0.2) is 9.78 Å². The van der Waals surface area contributed by atoms with Crippen molar-refractivity contribution in [1.82, 2.24) is 15.0 Å². The van der Waals surface area contributed by atoms with Gasteiger partial charge in [0.2, 0.25) is 0 Å². The van der Waals surface area contributed by atoms with E-state index >= 15 is 0 Å². The molecule has 98 valence electrons. The molecule has 0 atom stereocenters. The van der Waals surface area contributed by atoms with Gasteiger partial charge in [-0.3, -0.25) is 0 Å². The highest BCUT2D eigenvalue weighted by Crippen LogP contribution is 2.27. The van der Waals surface area contributed by atoms with Crippen LogP contribution in [0.2, 0.25) is 4.34 Å². The van der Waals surface area contributed by atoms with E-state index in [0.29, 0.717) is 10.9 Å². The number of nitrogens with zero attached hydrogens (tertiary/aromatic N) is 1. The van der Waals surface area contributed by atoms with Crippen molar-refractivity contribution in [2.45, 2.75) is 6.54 Å². The number of thiazole rings is 1. The number of benzene rings is 1. The fraction of sp³-hybridized carbons (Fsp3) is 0.0909. The maximum atomic E-state index is 11.2. The molecule has 8 heteroatoms. The molecule has 3 rings (SSSR count). The maximum absolute atomic E-state index is 11.2. The molecule has 0 unspecified atom stereocenters. The molecule has 3 N–H and O–H groups in total. The Bertz CT molecular complexity index is 793. The number of aromatic amines is 2. The Kier molecular flexibility index (Phi) is 3.34. The van der Waals surface area contributed by atoms with Gasteiger partial charge in [0, 0.05) is 4.47 Å². The van der Waals surface area contributed by atoms with Crippen LogP contribution in [0.25, 0.3) is 11.0 Å². The molecule has 0 bridgehead atoms. The van der Waals surface area contributed by atoms with Crippen LogP contribution in [0.5, 0.6) is 0 Å². The lowest BCUT2D eigenvalue weighted by atomic mass is 10.3. The number of nitrogens with one attached hydrogen (secondary N) is 3. The summed E-state index contributed by atoms with van der Waals surface area (Å²) in [4.78, 5) is 20.8. The third-order valence-corrected chi connectivity index (χ3v) is 4.33. The molecule has 0 aliphatic rings. The number of hydrogen-bond donors (Lipinski definition) is 3. The zero-order valence-electron chi connectivity index (χ0n) is 9.46. The molecule has 0 fully saturated rings. The summed E-state index contributed by atoms with van der Waals surface area (Å²) in [5.74, 6) is 0. The number of halogens is 2. The third kappa shape index (κ3) is 2.68. The van der Waals surface area contributed by atoms with Crippen LogP contribution < -0.4 is 11.0 Å². The molecule has 19 heavy (non-hydrogen) atoms. The lowest BCUT2D eigenvalue weighted by Crippen LogP contribution is -1.99. The van der Waals surface area contributed by atoms with Crippen molar-refractivity contribution in [2.75, 3.05) is 5.32 Å². The van der Waals surface area contributed by atoms with E-state index in [4.69, 9.17) is 11.6 Å². The van der Waals surface area contributed by atoms with Gasteiger partial charge in [0.15, 0.2) is 0 Å². The summed E-state index contributed by atoms with van der Waals surface area (Å²) in [6, 6.07) is 3.72. The molecule has 0 radical (unpaired) electrons. The SMILES string of the molecule is O=c1[nH]c2cc(Br)c(NCc3ncc(Cl)s3)cc2[nH]1. The van der Waals surface area contributed by atoms with Gasteiger partial charge >= 0.3 is 5.69 Å². The van der Waals surface area contributed by atoms with Crippen LogP contribution in [0, 0.1) is 0 Å². The van der Waals surface area contributed by atoms with Gasteiger partial charge in [0.1, 0.15) is 9.34 Å². The average molecular weight is 360 g/mol. The minimum Gasteiger partial charge on any atom is -0.378 e. The van der Waals surface area contributed by atoms with Gasteiger partial charge in [0.05, 0.1) is 29.5 Å². The molecular formula is C11H8BrClN4OS. The molecular weight excluding hydrogens is 352 g/mol. The lowest BCUT2D eigenvalue weighted by Gasteiger charge is -2.06. The molecule has 0 saturated heterocycles. The molecule has 3 aromatic rings. The number of hydrogen-bond acceptors (Lipinski definition) is 4. The minimum atomic E-state index is -0.217. The van der Waals surface area contributed by atoms with E-state index in [1.54, 1.807) is 6.20 Å². The number of rotatable bonds is 3. The van der Waals surface area contributed by atoms with E-state index in [1.807, 2.05) is 12.1 Å². The Hall–Kier alpha value is -1.31. The minimum absolute atomic E-state index is 0.217. The second kappa shape index (κ2) is 4.99. The Balaban J connectivity index is 1.87. The van der Waals surface area contributed by atoms with Crippen molar-refractivity contribution in [1.29, 1.82) is 0 Å². The van der Waals surface area contributed by atoms with Gasteiger partial charge in [0.25, 0.3) is 0 Å². The molecule has 1 aromatic carbocycles. The van der Waals surface area contributed by atoms with Gasteiger partial charge in [-0.15, -0.1) is 11.3 Å². The van der Waals surface area contributed by atoms with E-state index in [1.165, 1.54) is 11.3 Å². The largest absolute Gasteiger partial charge is 0.378 e. The van der Waals surface area contributed by atoms with E-state index in [0.717, 1.165) is 26.2 Å². The Morgan fingerprint density at radius 3 is 2.79 bits per heavy atom. The number of H-pyrrole nitrogens is 2. The van der Waals surface area contributed by atoms with Crippen LogP contribution in [0.3, 0.4) is 0 Å². The fourth-order valence-corrected chi connectivity index (χ4v) is 3.11. The predicted octanol–water partition coefficient (Wildman–Crippen LogP) is 3.34. The van der Waals surface area contributed by atoms with Gasteiger partial charge < -0.3 is 15.3 Å². The first-order valence-electron chi connectivity index (χ1n) is 5.37. The number of anilines is 1. The van der Waals surface area contributed by atoms with Gasteiger partial charge in [-0.1, -0.05) is 11.6 Å². The van der Waals surface area contributed by atoms with E-state index in [2.05, 4.69) is 36.2 Å². The zero-order chi connectivity index (χ0) is 13.4. The Labute approximate surface area is 125 Å². The van der Waals surface area contributed by atoms with E-state index in [9.17, 15) is 4.79 Å². The Morgan fingerprint density at radius 1 is 1.37 bits per heavy atom. The quantitative estimate of drug-likeness (QED) is 0.671. The third-order valence-electron chi connectivity index (χ3n) is 2.56. The Morgan fingerprint density at radius 2 is 2.11 bits per heavy atom. The maximum Gasteiger partial charge on any atom is 0.323 e. The van der Waals surface area contributed by atoms with Crippen molar-refractivity contribution in [3.63, 3.8) is 0 Å². The molecule has 0 saturated carbocycles. The second-order valence-corrected chi connectivity index (χ2v) is 6.47. The average Bonchev–Trinajstić information content (AvgIpc) is 2.91. The first kappa shape index (κ1) is 12.7. The van der Waals surface area contributed by atoms with Crippen LogP contribution in [0.15, 0.2) is 27.6 Å². The zero-order valence-corrected chi connectivity index (χ0v) is 12.6. The molecule has 0 amide bonds. The number of aromatic nitrogens is 3. The molecule has 0 aliphatic carbocycles. The summed E-state index contributed by atoms with van der Waals surface area (Å²) in [6.45, 7) is 0.580. The molecule has 2 aromatic heterocycles. The van der Waals surface area contributed by atoms with Crippen molar-refractivity contribution in [3.05, 3.63) is 42.6 Å². The van der Waals surface area contributed by atoms with Crippen molar-refractivity contribution in [3.8, 4) is 0 Å². The highest BCUT2D eigenvalue weighted by Gasteiger charge is 2.06. The van der Waals surface area contributed by atoms with Crippen LogP contribution in [0.4, 0.5) is 5.69 Å². The monoisotopic (exact) mass is 358 g/mol. The van der Waals surface area contributed by atoms with Gasteiger partial charge in [-0.2, -0.15) is 0 Å². The summed E-state index contributed by atoms with van der Waals surface area (Å²) < 4.78 is 1.54. The van der Waals surface area contributed by atoms with Crippen molar-refractivity contribution < 1.29 is 0 Å². The molecule has 0 aliphatic heterocycles. The molecule has 5 nitrogen and oxygen atoms in total. The first-order valence-corrected chi connectivity index (χ1v) is 7.36. The highest BCUT2D eigenvalue weighted by atomic mass is 79.9. The summed E-state index contributed by atoms with van der Waals surface area (Å²) in [7, 11) is 0. The second-order valence-electron chi connectivity index (χ2n) is 3.87. The number of fused-ring (bicyclic) bond motifs is 1. The summed E-state index contributed by atoms with van der Waals surface area (Å²) in [5, 5.41) is 4.15. The van der Waals surface area contributed by atoms with Crippen LogP contribution >= 0.6 is 38.9 Å². The topological polar surface area (TPSA) is 73.6 Å². The summed E-state index contributed by atoms with van der Waals surface area (Å²) in [5.41, 5.74) is 2.19. The van der Waals surface area contributed by atoms with E-state index < -0.39 is 0 Å². The van der Waals surface area contributed by atoms with Crippen LogP contribution in [0.1, 0.15) is 5.01 Å². The fourth-order valence-electron chi connectivity index (χ4n) is 1.73. The van der Waals surface area contributed by atoms with Crippen molar-refractivity contribution >= 4 is 55.6 Å². The molecule has 2 heterocycles. The molecule has 0 spiro atoms. The summed E-state index contributed by atoms with van der Waals surface area (Å²) in [6.07, 6.45) is 1.63. The predicted molar refractivity (Wildman–Crippen MR) is 81.1 cm³/mol. The first-order chi connectivity index (χ1) is 9.11. The van der Waals surface area contributed by atoms with Crippen LogP contribution in [-0.2, 0) is 6.54 Å². The van der Waals surface area contributed by atoms with Crippen molar-refractivity contribution in [2.24, 2.45) is 0 Å². The standard InChI is InChI=1S/C11H8BrClN4OS/c12-5-1-7-8(17-11(18)16-7)2-6(5)14-4-10-15-3-9(13)19-10/h1-3,14H,4H2,(H2,16,17,18). The van der Waals surface area contributed by atoms with Gasteiger partial charge in [-0.05, 0) is 28.1 Å². The smallest absolute Gasteiger partial charge is 0.323 e. The lowest BCUT2D eigenvalue weighted by molar-refractivity contribution is 1.10. The highest BCUT2D eigenvalue weighted by molar-refractivity contribution is 9.10.